The molecule has 102 valence electrons. The third kappa shape index (κ3) is 3.48. The molecule has 1 aliphatic heterocycles. The van der Waals surface area contributed by atoms with E-state index in [4.69, 9.17) is 4.74 Å². The second-order valence-corrected chi connectivity index (χ2v) is 3.93. The Kier molecular flexibility index (Phi) is 4.75. The molecule has 1 amide bonds. The normalized spacial score (nSPS) is 20.4. The van der Waals surface area contributed by atoms with Crippen molar-refractivity contribution < 1.29 is 27.5 Å². The average Bonchev–Trinajstić information content (AvgIpc) is 2.34. The third-order valence-corrected chi connectivity index (χ3v) is 2.62. The van der Waals surface area contributed by atoms with Crippen LogP contribution in [-0.4, -0.2) is 42.1 Å². The molecule has 18 heavy (non-hydrogen) atoms. The molecule has 0 aliphatic carbocycles. The predicted octanol–water partition coefficient (Wildman–Crippen LogP) is 1.66. The van der Waals surface area contributed by atoms with Gasteiger partial charge in [0.15, 0.2) is 0 Å². The van der Waals surface area contributed by atoms with Crippen molar-refractivity contribution in [3.8, 4) is 0 Å². The molecule has 0 aromatic heterocycles. The summed E-state index contributed by atoms with van der Waals surface area (Å²) in [4.78, 5) is 23.3. The second kappa shape index (κ2) is 5.88. The molecule has 0 spiro atoms. The van der Waals surface area contributed by atoms with Crippen molar-refractivity contribution in [3.63, 3.8) is 0 Å². The fourth-order valence-corrected chi connectivity index (χ4v) is 1.82. The van der Waals surface area contributed by atoms with Crippen LogP contribution >= 0.6 is 0 Å². The van der Waals surface area contributed by atoms with Crippen molar-refractivity contribution >= 4 is 11.9 Å². The molecule has 1 heterocycles. The van der Waals surface area contributed by atoms with Crippen molar-refractivity contribution in [2.45, 2.75) is 31.5 Å². The lowest BCUT2D eigenvalue weighted by Crippen LogP contribution is -2.53. The number of ether oxygens (including phenoxy) is 1. The molecule has 0 radical (unpaired) electrons. The summed E-state index contributed by atoms with van der Waals surface area (Å²) in [5.41, 5.74) is 0. The molecular weight excluding hydrogens is 251 g/mol. The number of hydrogen-bond acceptors (Lipinski definition) is 3. The van der Waals surface area contributed by atoms with Crippen LogP contribution in [-0.2, 0) is 14.3 Å². The minimum absolute atomic E-state index is 0.0772. The Hall–Kier alpha value is -1.53. The minimum Gasteiger partial charge on any atom is -0.460 e. The first-order chi connectivity index (χ1) is 8.38. The average molecular weight is 265 g/mol. The minimum atomic E-state index is -4.96. The number of likely N-dealkylation sites (tertiary alicyclic amines) is 1. The van der Waals surface area contributed by atoms with E-state index in [1.54, 1.807) is 0 Å². The fraction of sp³-hybridized carbons (Fsp3) is 0.636. The van der Waals surface area contributed by atoms with Crippen LogP contribution in [0.5, 0.6) is 0 Å². The highest BCUT2D eigenvalue weighted by Crippen LogP contribution is 2.25. The zero-order valence-corrected chi connectivity index (χ0v) is 9.70. The van der Waals surface area contributed by atoms with Gasteiger partial charge in [-0.25, -0.2) is 4.79 Å². The van der Waals surface area contributed by atoms with E-state index in [1.807, 2.05) is 0 Å². The van der Waals surface area contributed by atoms with Gasteiger partial charge < -0.3 is 9.64 Å². The Balaban J connectivity index is 2.76. The number of nitrogens with zero attached hydrogens (tertiary/aromatic N) is 1. The van der Waals surface area contributed by atoms with Crippen molar-refractivity contribution in [1.82, 2.24) is 4.90 Å². The number of piperidine rings is 1. The molecule has 1 rings (SSSR count). The van der Waals surface area contributed by atoms with Crippen LogP contribution in [0.1, 0.15) is 19.3 Å². The topological polar surface area (TPSA) is 46.6 Å². The van der Waals surface area contributed by atoms with E-state index < -0.39 is 24.1 Å². The molecule has 0 aromatic rings. The quantitative estimate of drug-likeness (QED) is 0.576. The molecular formula is C11H14F3NO3. The van der Waals surface area contributed by atoms with Crippen LogP contribution in [0.2, 0.25) is 0 Å². The molecule has 1 unspecified atom stereocenters. The maximum Gasteiger partial charge on any atom is 0.471 e. The van der Waals surface area contributed by atoms with Gasteiger partial charge in [0.1, 0.15) is 12.6 Å². The van der Waals surface area contributed by atoms with E-state index >= 15 is 0 Å². The molecule has 1 atom stereocenters. The van der Waals surface area contributed by atoms with Gasteiger partial charge in [-0.2, -0.15) is 13.2 Å². The first-order valence-corrected chi connectivity index (χ1v) is 5.53. The Bertz CT molecular complexity index is 341. The largest absolute Gasteiger partial charge is 0.471 e. The van der Waals surface area contributed by atoms with Crippen LogP contribution < -0.4 is 0 Å². The Morgan fingerprint density at radius 2 is 2.06 bits per heavy atom. The van der Waals surface area contributed by atoms with Crippen LogP contribution in [0.3, 0.4) is 0 Å². The number of halogens is 3. The van der Waals surface area contributed by atoms with Gasteiger partial charge in [0, 0.05) is 6.54 Å². The van der Waals surface area contributed by atoms with Gasteiger partial charge in [0.25, 0.3) is 0 Å². The molecule has 0 saturated carbocycles. The van der Waals surface area contributed by atoms with Crippen molar-refractivity contribution in [2.24, 2.45) is 0 Å². The fourth-order valence-electron chi connectivity index (χ4n) is 1.82. The van der Waals surface area contributed by atoms with E-state index in [-0.39, 0.29) is 19.6 Å². The Labute approximate surface area is 102 Å². The second-order valence-electron chi connectivity index (χ2n) is 3.93. The summed E-state index contributed by atoms with van der Waals surface area (Å²) in [6.07, 6.45) is -2.41. The molecule has 1 saturated heterocycles. The smallest absolute Gasteiger partial charge is 0.460 e. The van der Waals surface area contributed by atoms with Gasteiger partial charge in [-0.3, -0.25) is 4.79 Å². The van der Waals surface area contributed by atoms with E-state index in [0.29, 0.717) is 17.7 Å². The van der Waals surface area contributed by atoms with Gasteiger partial charge in [-0.05, 0) is 19.3 Å². The molecule has 0 N–H and O–H groups in total. The summed E-state index contributed by atoms with van der Waals surface area (Å²) in [6, 6.07) is -1.15. The van der Waals surface area contributed by atoms with E-state index in [2.05, 4.69) is 6.58 Å². The summed E-state index contributed by atoms with van der Waals surface area (Å²) in [7, 11) is 0. The summed E-state index contributed by atoms with van der Waals surface area (Å²) in [6.45, 7) is 3.18. The number of hydrogen-bond donors (Lipinski definition) is 0. The van der Waals surface area contributed by atoms with Gasteiger partial charge in [0.2, 0.25) is 0 Å². The lowest BCUT2D eigenvalue weighted by atomic mass is 10.0. The van der Waals surface area contributed by atoms with Crippen molar-refractivity contribution in [3.05, 3.63) is 12.7 Å². The summed E-state index contributed by atoms with van der Waals surface area (Å²) in [5.74, 6) is -2.80. The Morgan fingerprint density at radius 3 is 2.61 bits per heavy atom. The summed E-state index contributed by atoms with van der Waals surface area (Å²) >= 11 is 0. The lowest BCUT2D eigenvalue weighted by Gasteiger charge is -2.34. The van der Waals surface area contributed by atoms with Crippen LogP contribution in [0.15, 0.2) is 12.7 Å². The number of carbonyl (C=O) groups is 2. The molecule has 1 fully saturated rings. The highest BCUT2D eigenvalue weighted by atomic mass is 19.4. The van der Waals surface area contributed by atoms with Crippen LogP contribution in [0, 0.1) is 0 Å². The van der Waals surface area contributed by atoms with Gasteiger partial charge in [0.05, 0.1) is 0 Å². The number of alkyl halides is 3. The standard InChI is InChI=1S/C11H14F3NO3/c1-2-7-18-9(16)8-5-3-4-6-15(8)10(17)11(12,13)14/h2,8H,1,3-7H2. The van der Waals surface area contributed by atoms with E-state index in [9.17, 15) is 22.8 Å². The number of rotatable bonds is 3. The maximum atomic E-state index is 12.4. The van der Waals surface area contributed by atoms with Crippen LogP contribution in [0.4, 0.5) is 13.2 Å². The highest BCUT2D eigenvalue weighted by Gasteiger charge is 2.47. The SMILES string of the molecule is C=CCOC(=O)C1CCCCN1C(=O)C(F)(F)F. The van der Waals surface area contributed by atoms with E-state index in [1.165, 1.54) is 6.08 Å². The highest BCUT2D eigenvalue weighted by molar-refractivity contribution is 5.87. The Morgan fingerprint density at radius 1 is 1.39 bits per heavy atom. The number of carbonyl (C=O) groups excluding carboxylic acids is 2. The molecule has 7 heteroatoms. The van der Waals surface area contributed by atoms with Gasteiger partial charge in [-0.1, -0.05) is 12.7 Å². The predicted molar refractivity (Wildman–Crippen MR) is 56.6 cm³/mol. The molecule has 0 aromatic carbocycles. The van der Waals surface area contributed by atoms with Crippen molar-refractivity contribution in [2.75, 3.05) is 13.2 Å². The first-order valence-electron chi connectivity index (χ1n) is 5.53. The lowest BCUT2D eigenvalue weighted by molar-refractivity contribution is -0.191. The number of esters is 1. The maximum absolute atomic E-state index is 12.4. The summed E-state index contributed by atoms with van der Waals surface area (Å²) < 4.78 is 41.8. The van der Waals surface area contributed by atoms with E-state index in [0.717, 1.165) is 0 Å². The third-order valence-electron chi connectivity index (χ3n) is 2.62. The monoisotopic (exact) mass is 265 g/mol. The van der Waals surface area contributed by atoms with Gasteiger partial charge in [-0.15, -0.1) is 0 Å². The van der Waals surface area contributed by atoms with Crippen molar-refractivity contribution in [1.29, 1.82) is 0 Å². The molecule has 1 aliphatic rings. The zero-order valence-electron chi connectivity index (χ0n) is 9.70. The van der Waals surface area contributed by atoms with Gasteiger partial charge >= 0.3 is 18.1 Å². The molecule has 0 bridgehead atoms. The molecule has 4 nitrogen and oxygen atoms in total. The summed E-state index contributed by atoms with van der Waals surface area (Å²) in [5, 5.41) is 0. The zero-order chi connectivity index (χ0) is 13.8. The first kappa shape index (κ1) is 14.5. The van der Waals surface area contributed by atoms with Crippen LogP contribution in [0.25, 0.3) is 0 Å². The number of amides is 1.